The molecule has 0 aliphatic heterocycles. The van der Waals surface area contributed by atoms with Crippen LogP contribution in [0.2, 0.25) is 10.2 Å². The molecule has 18 heavy (non-hydrogen) atoms. The Kier molecular flexibility index (Phi) is 3.69. The summed E-state index contributed by atoms with van der Waals surface area (Å²) in [7, 11) is 0. The molecule has 1 aromatic carbocycles. The smallest absolute Gasteiger partial charge is 0.258 e. The van der Waals surface area contributed by atoms with Crippen LogP contribution in [0.25, 0.3) is 0 Å². The molecule has 1 heterocycles. The number of nitrogens with one attached hydrogen (secondary N) is 1. The molecule has 6 heteroatoms. The van der Waals surface area contributed by atoms with E-state index in [1.807, 2.05) is 0 Å². The number of rotatable bonds is 2. The van der Waals surface area contributed by atoms with Crippen LogP contribution in [0.5, 0.6) is 0 Å². The lowest BCUT2D eigenvalue weighted by atomic mass is 10.2. The lowest BCUT2D eigenvalue weighted by Crippen LogP contribution is -2.13. The van der Waals surface area contributed by atoms with Gasteiger partial charge in [0.15, 0.2) is 0 Å². The molecule has 0 unspecified atom stereocenters. The van der Waals surface area contributed by atoms with Gasteiger partial charge in [-0.05, 0) is 30.3 Å². The van der Waals surface area contributed by atoms with Crippen molar-refractivity contribution in [1.29, 1.82) is 0 Å². The van der Waals surface area contributed by atoms with Crippen LogP contribution < -0.4 is 11.1 Å². The second-order valence-electron chi connectivity index (χ2n) is 3.54. The molecule has 0 bridgehead atoms. The van der Waals surface area contributed by atoms with Crippen LogP contribution in [0, 0.1) is 0 Å². The fraction of sp³-hybridized carbons (Fsp3) is 0. The Morgan fingerprint density at radius 2 is 2.06 bits per heavy atom. The zero-order chi connectivity index (χ0) is 13.1. The third-order valence-corrected chi connectivity index (χ3v) is 2.86. The van der Waals surface area contributed by atoms with Crippen LogP contribution in [0.4, 0.5) is 11.4 Å². The molecule has 2 rings (SSSR count). The predicted octanol–water partition coefficient (Wildman–Crippen LogP) is 3.22. The van der Waals surface area contributed by atoms with Gasteiger partial charge in [-0.2, -0.15) is 0 Å². The minimum Gasteiger partial charge on any atom is -0.399 e. The summed E-state index contributed by atoms with van der Waals surface area (Å²) in [5.41, 5.74) is 6.84. The van der Waals surface area contributed by atoms with Crippen molar-refractivity contribution in [3.05, 3.63) is 52.3 Å². The molecule has 92 valence electrons. The number of hydrogen-bond acceptors (Lipinski definition) is 3. The van der Waals surface area contributed by atoms with Crippen LogP contribution in [-0.2, 0) is 0 Å². The number of amides is 1. The van der Waals surface area contributed by atoms with Gasteiger partial charge < -0.3 is 11.1 Å². The number of carbonyl (C=O) groups excluding carboxylic acids is 1. The monoisotopic (exact) mass is 281 g/mol. The topological polar surface area (TPSA) is 68.0 Å². The van der Waals surface area contributed by atoms with Crippen molar-refractivity contribution in [3.8, 4) is 0 Å². The highest BCUT2D eigenvalue weighted by Crippen LogP contribution is 2.25. The first kappa shape index (κ1) is 12.7. The van der Waals surface area contributed by atoms with E-state index >= 15 is 0 Å². The first-order valence-corrected chi connectivity index (χ1v) is 5.80. The summed E-state index contributed by atoms with van der Waals surface area (Å²) in [6.45, 7) is 0. The Morgan fingerprint density at radius 3 is 2.72 bits per heavy atom. The molecule has 2 aromatic rings. The SMILES string of the molecule is Nc1ccc(NC(=O)c2cccnc2Cl)c(Cl)c1. The molecule has 0 spiro atoms. The molecule has 3 N–H and O–H groups in total. The quantitative estimate of drug-likeness (QED) is 0.656. The fourth-order valence-electron chi connectivity index (χ4n) is 1.38. The molecule has 0 atom stereocenters. The van der Waals surface area contributed by atoms with Gasteiger partial charge in [0.2, 0.25) is 0 Å². The molecule has 4 nitrogen and oxygen atoms in total. The normalized spacial score (nSPS) is 10.1. The molecule has 0 radical (unpaired) electrons. The third kappa shape index (κ3) is 2.72. The summed E-state index contributed by atoms with van der Waals surface area (Å²) in [6, 6.07) is 8.04. The van der Waals surface area contributed by atoms with Crippen LogP contribution >= 0.6 is 23.2 Å². The van der Waals surface area contributed by atoms with E-state index < -0.39 is 0 Å². The Labute approximate surface area is 114 Å². The van der Waals surface area contributed by atoms with Crippen LogP contribution in [0.3, 0.4) is 0 Å². The Morgan fingerprint density at radius 1 is 1.28 bits per heavy atom. The highest BCUT2D eigenvalue weighted by atomic mass is 35.5. The summed E-state index contributed by atoms with van der Waals surface area (Å²) in [5.74, 6) is -0.375. The van der Waals surface area contributed by atoms with Crippen molar-refractivity contribution < 1.29 is 4.79 Å². The maximum atomic E-state index is 11.9. The first-order chi connectivity index (χ1) is 8.58. The highest BCUT2D eigenvalue weighted by molar-refractivity contribution is 6.35. The highest BCUT2D eigenvalue weighted by Gasteiger charge is 2.12. The molecule has 0 saturated carbocycles. The predicted molar refractivity (Wildman–Crippen MR) is 73.1 cm³/mol. The van der Waals surface area contributed by atoms with Crippen molar-refractivity contribution in [2.75, 3.05) is 11.1 Å². The fourth-order valence-corrected chi connectivity index (χ4v) is 1.82. The van der Waals surface area contributed by atoms with Gasteiger partial charge >= 0.3 is 0 Å². The average molecular weight is 282 g/mol. The standard InChI is InChI=1S/C12H9Cl2N3O/c13-9-6-7(15)3-4-10(9)17-12(18)8-2-1-5-16-11(8)14/h1-6H,15H2,(H,17,18). The van der Waals surface area contributed by atoms with Crippen molar-refractivity contribution in [3.63, 3.8) is 0 Å². The van der Waals surface area contributed by atoms with Crippen LogP contribution in [-0.4, -0.2) is 10.9 Å². The lowest BCUT2D eigenvalue weighted by molar-refractivity contribution is 0.102. The van der Waals surface area contributed by atoms with E-state index in [0.717, 1.165) is 0 Å². The zero-order valence-electron chi connectivity index (χ0n) is 9.15. The maximum Gasteiger partial charge on any atom is 0.258 e. The number of nitrogen functional groups attached to an aromatic ring is 1. The van der Waals surface area contributed by atoms with E-state index in [9.17, 15) is 4.79 Å². The van der Waals surface area contributed by atoms with Gasteiger partial charge in [-0.3, -0.25) is 4.79 Å². The number of halogens is 2. The molecular formula is C12H9Cl2N3O. The molecule has 0 fully saturated rings. The van der Waals surface area contributed by atoms with E-state index in [1.165, 1.54) is 6.20 Å². The number of pyridine rings is 1. The Hall–Kier alpha value is -1.78. The van der Waals surface area contributed by atoms with E-state index in [-0.39, 0.29) is 16.6 Å². The van der Waals surface area contributed by atoms with Gasteiger partial charge in [0.05, 0.1) is 16.3 Å². The summed E-state index contributed by atoms with van der Waals surface area (Å²) in [4.78, 5) is 15.8. The van der Waals surface area contributed by atoms with E-state index in [4.69, 9.17) is 28.9 Å². The minimum absolute atomic E-state index is 0.140. The number of hydrogen-bond donors (Lipinski definition) is 2. The average Bonchev–Trinajstić information content (AvgIpc) is 2.33. The molecule has 0 aliphatic carbocycles. The van der Waals surface area contributed by atoms with Gasteiger partial charge in [0, 0.05) is 11.9 Å². The molecule has 0 aliphatic rings. The summed E-state index contributed by atoms with van der Waals surface area (Å²) in [6.07, 6.45) is 1.51. The van der Waals surface area contributed by atoms with Gasteiger partial charge in [-0.25, -0.2) is 4.98 Å². The van der Waals surface area contributed by atoms with Crippen molar-refractivity contribution in [2.24, 2.45) is 0 Å². The molecule has 1 amide bonds. The largest absolute Gasteiger partial charge is 0.399 e. The van der Waals surface area contributed by atoms with Crippen LogP contribution in [0.15, 0.2) is 36.5 Å². The molecule has 1 aromatic heterocycles. The summed E-state index contributed by atoms with van der Waals surface area (Å²) >= 11 is 11.8. The molecular weight excluding hydrogens is 273 g/mol. The van der Waals surface area contributed by atoms with Gasteiger partial charge in [-0.1, -0.05) is 23.2 Å². The van der Waals surface area contributed by atoms with Crippen molar-refractivity contribution in [2.45, 2.75) is 0 Å². The Bertz CT molecular complexity index is 602. The number of benzene rings is 1. The van der Waals surface area contributed by atoms with E-state index in [1.54, 1.807) is 30.3 Å². The van der Waals surface area contributed by atoms with Gasteiger partial charge in [-0.15, -0.1) is 0 Å². The summed E-state index contributed by atoms with van der Waals surface area (Å²) in [5, 5.41) is 3.15. The maximum absolute atomic E-state index is 11.9. The van der Waals surface area contributed by atoms with Crippen molar-refractivity contribution in [1.82, 2.24) is 4.98 Å². The zero-order valence-corrected chi connectivity index (χ0v) is 10.7. The number of nitrogens with two attached hydrogens (primary N) is 1. The van der Waals surface area contributed by atoms with E-state index in [2.05, 4.69) is 10.3 Å². The lowest BCUT2D eigenvalue weighted by Gasteiger charge is -2.08. The number of nitrogens with zero attached hydrogens (tertiary/aromatic N) is 1. The minimum atomic E-state index is -0.375. The van der Waals surface area contributed by atoms with E-state index in [0.29, 0.717) is 16.4 Å². The number of anilines is 2. The van der Waals surface area contributed by atoms with Gasteiger partial charge in [0.1, 0.15) is 5.15 Å². The third-order valence-electron chi connectivity index (χ3n) is 2.25. The second kappa shape index (κ2) is 5.25. The second-order valence-corrected chi connectivity index (χ2v) is 4.30. The molecule has 0 saturated heterocycles. The first-order valence-electron chi connectivity index (χ1n) is 5.05. The van der Waals surface area contributed by atoms with Crippen molar-refractivity contribution >= 4 is 40.5 Å². The summed E-state index contributed by atoms with van der Waals surface area (Å²) < 4.78 is 0. The van der Waals surface area contributed by atoms with Crippen LogP contribution in [0.1, 0.15) is 10.4 Å². The number of aromatic nitrogens is 1. The number of carbonyl (C=O) groups is 1. The van der Waals surface area contributed by atoms with Gasteiger partial charge in [0.25, 0.3) is 5.91 Å². The Balaban J connectivity index is 2.24.